The molecule has 1 aliphatic rings. The highest BCUT2D eigenvalue weighted by Gasteiger charge is 2.37. The molecule has 2 aromatic rings. The standard InChI is InChI=1S/C23H38N6O7S/c1-14(2)35-20(21-24-10-18(34-7)11-25-21)16(4)37(30,31)28-23-27-26-22(19-9-8-15(3)36-19)29(23)17(12-32-5)13-33-6/h10-11,14-17,19-20H,8-9,12-13H2,1-7H3,(H,27,28)/t15-,16+,19-,20-/m1/s1. The molecule has 3 rings (SSSR count). The summed E-state index contributed by atoms with van der Waals surface area (Å²) in [6, 6.07) is -0.389. The van der Waals surface area contributed by atoms with E-state index >= 15 is 0 Å². The first-order chi connectivity index (χ1) is 17.6. The summed E-state index contributed by atoms with van der Waals surface area (Å²) >= 11 is 0. The molecule has 1 fully saturated rings. The molecule has 2 aromatic heterocycles. The number of aromatic nitrogens is 5. The summed E-state index contributed by atoms with van der Waals surface area (Å²) in [4.78, 5) is 8.53. The van der Waals surface area contributed by atoms with Crippen molar-refractivity contribution >= 4 is 16.0 Å². The fraction of sp³-hybridized carbons (Fsp3) is 0.739. The lowest BCUT2D eigenvalue weighted by atomic mass is 10.2. The summed E-state index contributed by atoms with van der Waals surface area (Å²) in [6.07, 6.45) is 3.06. The Morgan fingerprint density at radius 2 is 1.73 bits per heavy atom. The van der Waals surface area contributed by atoms with Crippen molar-refractivity contribution < 1.29 is 32.1 Å². The summed E-state index contributed by atoms with van der Waals surface area (Å²) in [7, 11) is 0.569. The number of anilines is 1. The van der Waals surface area contributed by atoms with Crippen molar-refractivity contribution in [1.82, 2.24) is 24.7 Å². The molecule has 0 amide bonds. The van der Waals surface area contributed by atoms with Crippen LogP contribution in [0.2, 0.25) is 0 Å². The number of hydrogen-bond acceptors (Lipinski definition) is 11. The number of ether oxygens (including phenoxy) is 5. The average Bonchev–Trinajstić information content (AvgIpc) is 3.47. The molecule has 0 bridgehead atoms. The first kappa shape index (κ1) is 29.2. The SMILES string of the molecule is COCC(COC)n1c(NS(=O)(=O)[C@@H](C)[C@@H](OC(C)C)c2ncc(OC)cn2)nnc1[C@H]1CC[C@@H](C)O1. The number of rotatable bonds is 14. The van der Waals surface area contributed by atoms with Gasteiger partial charge in [-0.1, -0.05) is 0 Å². The van der Waals surface area contributed by atoms with Gasteiger partial charge in [-0.25, -0.2) is 18.4 Å². The van der Waals surface area contributed by atoms with Crippen LogP contribution in [0.15, 0.2) is 12.4 Å². The van der Waals surface area contributed by atoms with Gasteiger partial charge in [-0.05, 0) is 40.5 Å². The molecular formula is C23H38N6O7S. The first-order valence-electron chi connectivity index (χ1n) is 12.2. The predicted molar refractivity (Wildman–Crippen MR) is 135 cm³/mol. The second kappa shape index (κ2) is 12.9. The molecule has 1 saturated heterocycles. The molecule has 4 atom stereocenters. The molecule has 1 N–H and O–H groups in total. The quantitative estimate of drug-likeness (QED) is 0.375. The van der Waals surface area contributed by atoms with Gasteiger partial charge in [0.1, 0.15) is 17.5 Å². The van der Waals surface area contributed by atoms with Crippen molar-refractivity contribution in [3.63, 3.8) is 0 Å². The molecule has 208 valence electrons. The first-order valence-corrected chi connectivity index (χ1v) is 13.8. The summed E-state index contributed by atoms with van der Waals surface area (Å²) in [5.41, 5.74) is 0. The highest BCUT2D eigenvalue weighted by Crippen LogP contribution is 2.35. The zero-order chi connectivity index (χ0) is 27.2. The van der Waals surface area contributed by atoms with Crippen LogP contribution in [-0.4, -0.2) is 85.2 Å². The second-order valence-corrected chi connectivity index (χ2v) is 11.3. The van der Waals surface area contributed by atoms with Crippen LogP contribution in [0.5, 0.6) is 5.75 Å². The third kappa shape index (κ3) is 7.13. The maximum Gasteiger partial charge on any atom is 0.240 e. The largest absolute Gasteiger partial charge is 0.494 e. The maximum absolute atomic E-state index is 13.6. The van der Waals surface area contributed by atoms with Crippen molar-refractivity contribution in [3.8, 4) is 5.75 Å². The van der Waals surface area contributed by atoms with E-state index in [2.05, 4.69) is 24.9 Å². The number of nitrogens with one attached hydrogen (secondary N) is 1. The number of sulfonamides is 1. The molecule has 0 saturated carbocycles. The summed E-state index contributed by atoms with van der Waals surface area (Å²) in [5, 5.41) is 7.43. The monoisotopic (exact) mass is 542 g/mol. The topological polar surface area (TPSA) is 149 Å². The zero-order valence-corrected chi connectivity index (χ0v) is 23.3. The molecule has 13 nitrogen and oxygen atoms in total. The highest BCUT2D eigenvalue weighted by molar-refractivity contribution is 7.93. The van der Waals surface area contributed by atoms with Crippen LogP contribution in [0.25, 0.3) is 0 Å². The van der Waals surface area contributed by atoms with E-state index in [0.717, 1.165) is 12.8 Å². The van der Waals surface area contributed by atoms with Gasteiger partial charge < -0.3 is 23.7 Å². The Kier molecular flexibility index (Phi) is 10.2. The molecule has 14 heteroatoms. The molecule has 3 heterocycles. The van der Waals surface area contributed by atoms with E-state index in [1.165, 1.54) is 26.4 Å². The van der Waals surface area contributed by atoms with Crippen LogP contribution in [0.1, 0.15) is 70.4 Å². The molecule has 37 heavy (non-hydrogen) atoms. The fourth-order valence-electron chi connectivity index (χ4n) is 4.16. The van der Waals surface area contributed by atoms with Crippen molar-refractivity contribution in [2.45, 2.75) is 76.2 Å². The molecule has 0 unspecified atom stereocenters. The summed E-state index contributed by atoms with van der Waals surface area (Å²) in [5.74, 6) is 1.23. The molecular weight excluding hydrogens is 504 g/mol. The van der Waals surface area contributed by atoms with Gasteiger partial charge in [0.25, 0.3) is 0 Å². The average molecular weight is 543 g/mol. The van der Waals surface area contributed by atoms with E-state index in [9.17, 15) is 8.42 Å². The number of nitrogens with zero attached hydrogens (tertiary/aromatic N) is 5. The minimum atomic E-state index is -4.06. The Bertz CT molecular complexity index is 1090. The van der Waals surface area contributed by atoms with E-state index in [-0.39, 0.29) is 49.3 Å². The normalized spacial score (nSPS) is 19.9. The Morgan fingerprint density at radius 3 is 2.24 bits per heavy atom. The van der Waals surface area contributed by atoms with Gasteiger partial charge in [-0.2, -0.15) is 0 Å². The van der Waals surface area contributed by atoms with Gasteiger partial charge in [-0.15, -0.1) is 10.2 Å². The van der Waals surface area contributed by atoms with E-state index in [0.29, 0.717) is 11.6 Å². The van der Waals surface area contributed by atoms with Crippen molar-refractivity contribution in [2.24, 2.45) is 0 Å². The third-order valence-corrected chi connectivity index (χ3v) is 7.72. The van der Waals surface area contributed by atoms with Gasteiger partial charge in [0.05, 0.1) is 51.0 Å². The van der Waals surface area contributed by atoms with Gasteiger partial charge >= 0.3 is 0 Å². The lowest BCUT2D eigenvalue weighted by Crippen LogP contribution is -2.35. The molecule has 1 aliphatic heterocycles. The minimum Gasteiger partial charge on any atom is -0.494 e. The zero-order valence-electron chi connectivity index (χ0n) is 22.4. The van der Waals surface area contributed by atoms with Crippen LogP contribution in [0, 0.1) is 0 Å². The number of methoxy groups -OCH3 is 3. The van der Waals surface area contributed by atoms with Crippen LogP contribution >= 0.6 is 0 Å². The predicted octanol–water partition coefficient (Wildman–Crippen LogP) is 2.45. The van der Waals surface area contributed by atoms with Gasteiger partial charge in [0, 0.05) is 14.2 Å². The Morgan fingerprint density at radius 1 is 1.08 bits per heavy atom. The third-order valence-electron chi connectivity index (χ3n) is 6.03. The van der Waals surface area contributed by atoms with Crippen LogP contribution < -0.4 is 9.46 Å². The molecule has 0 radical (unpaired) electrons. The van der Waals surface area contributed by atoms with Crippen molar-refractivity contribution in [3.05, 3.63) is 24.0 Å². The van der Waals surface area contributed by atoms with E-state index in [4.69, 9.17) is 23.7 Å². The maximum atomic E-state index is 13.6. The lowest BCUT2D eigenvalue weighted by Gasteiger charge is -2.26. The van der Waals surface area contributed by atoms with Crippen LogP contribution in [-0.2, 0) is 29.0 Å². The Balaban J connectivity index is 1.96. The lowest BCUT2D eigenvalue weighted by molar-refractivity contribution is 0.00147. The van der Waals surface area contributed by atoms with E-state index < -0.39 is 21.4 Å². The van der Waals surface area contributed by atoms with Gasteiger partial charge in [-0.3, -0.25) is 9.29 Å². The van der Waals surface area contributed by atoms with E-state index in [1.54, 1.807) is 18.8 Å². The van der Waals surface area contributed by atoms with Gasteiger partial charge in [0.2, 0.25) is 16.0 Å². The van der Waals surface area contributed by atoms with Crippen molar-refractivity contribution in [1.29, 1.82) is 0 Å². The van der Waals surface area contributed by atoms with Crippen molar-refractivity contribution in [2.75, 3.05) is 39.3 Å². The second-order valence-electron chi connectivity index (χ2n) is 9.27. The van der Waals surface area contributed by atoms with Gasteiger partial charge in [0.15, 0.2) is 17.4 Å². The fourth-order valence-corrected chi connectivity index (χ4v) is 5.25. The Hall–Kier alpha value is -2.39. The minimum absolute atomic E-state index is 0.0445. The van der Waals surface area contributed by atoms with Crippen LogP contribution in [0.4, 0.5) is 5.95 Å². The van der Waals surface area contributed by atoms with E-state index in [1.807, 2.05) is 20.8 Å². The highest BCUT2D eigenvalue weighted by atomic mass is 32.2. The Labute approximate surface area is 218 Å². The number of hydrogen-bond donors (Lipinski definition) is 1. The summed E-state index contributed by atoms with van der Waals surface area (Å²) < 4.78 is 59.5. The molecule has 0 spiro atoms. The molecule has 0 aliphatic carbocycles. The smallest absolute Gasteiger partial charge is 0.240 e. The van der Waals surface area contributed by atoms with Crippen LogP contribution in [0.3, 0.4) is 0 Å². The summed E-state index contributed by atoms with van der Waals surface area (Å²) in [6.45, 7) is 7.66. The molecule has 0 aromatic carbocycles.